The van der Waals surface area contributed by atoms with Crippen molar-refractivity contribution < 1.29 is 27.8 Å². The molecule has 2 aromatic carbocycles. The smallest absolute Gasteiger partial charge is 0.242 e. The van der Waals surface area contributed by atoms with Gasteiger partial charge in [-0.05, 0) is 49.2 Å². The normalized spacial score (nSPS) is 21.6. The van der Waals surface area contributed by atoms with Gasteiger partial charge in [-0.15, -0.1) is 0 Å². The van der Waals surface area contributed by atoms with E-state index in [0.29, 0.717) is 35.8 Å². The highest BCUT2D eigenvalue weighted by atomic mass is 32.2. The van der Waals surface area contributed by atoms with Crippen molar-refractivity contribution in [3.05, 3.63) is 54.1 Å². The Morgan fingerprint density at radius 2 is 2.06 bits per heavy atom. The van der Waals surface area contributed by atoms with Gasteiger partial charge in [-0.2, -0.15) is 0 Å². The van der Waals surface area contributed by atoms with Gasteiger partial charge in [0, 0.05) is 19.1 Å². The van der Waals surface area contributed by atoms with E-state index in [1.165, 1.54) is 11.8 Å². The molecule has 33 heavy (non-hydrogen) atoms. The molecule has 1 N–H and O–H groups in total. The van der Waals surface area contributed by atoms with Gasteiger partial charge in [-0.3, -0.25) is 14.5 Å². The Morgan fingerprint density at radius 1 is 1.27 bits per heavy atom. The van der Waals surface area contributed by atoms with E-state index in [2.05, 4.69) is 10.3 Å². The van der Waals surface area contributed by atoms with Crippen molar-refractivity contribution in [1.29, 1.82) is 0 Å². The molecule has 2 fully saturated rings. The summed E-state index contributed by atoms with van der Waals surface area (Å²) in [5, 5.41) is 2.17. The zero-order chi connectivity index (χ0) is 23.4. The van der Waals surface area contributed by atoms with E-state index in [1.807, 2.05) is 0 Å². The molecule has 0 bridgehead atoms. The molecule has 0 aliphatic carbocycles. The molecule has 4 rings (SSSR count). The maximum atomic E-state index is 13.9. The first kappa shape index (κ1) is 23.2. The second-order valence-electron chi connectivity index (χ2n) is 7.66. The van der Waals surface area contributed by atoms with Gasteiger partial charge in [-0.1, -0.05) is 11.8 Å². The van der Waals surface area contributed by atoms with Crippen LogP contribution in [-0.2, 0) is 14.3 Å². The van der Waals surface area contributed by atoms with Crippen molar-refractivity contribution in [3.63, 3.8) is 0 Å². The van der Waals surface area contributed by atoms with Crippen LogP contribution in [0.2, 0.25) is 0 Å². The minimum absolute atomic E-state index is 0.0866. The Morgan fingerprint density at radius 3 is 2.73 bits per heavy atom. The van der Waals surface area contributed by atoms with Gasteiger partial charge >= 0.3 is 0 Å². The summed E-state index contributed by atoms with van der Waals surface area (Å²) >= 11 is 1.19. The summed E-state index contributed by atoms with van der Waals surface area (Å²) in [4.78, 5) is 31.8. The zero-order valence-corrected chi connectivity index (χ0v) is 18.7. The Bertz CT molecular complexity index is 1060. The number of anilines is 1. The van der Waals surface area contributed by atoms with E-state index >= 15 is 0 Å². The van der Waals surface area contributed by atoms with Crippen molar-refractivity contribution in [2.45, 2.75) is 30.6 Å². The molecule has 2 amide bonds. The fraction of sp³-hybridized carbons (Fsp3) is 0.348. The number of carbonyl (C=O) groups is 2. The van der Waals surface area contributed by atoms with Crippen LogP contribution in [0.3, 0.4) is 0 Å². The molecule has 2 aromatic rings. The SMILES string of the molecule is COc1ccc(N=C2SC(CC(=O)Nc3ccc(F)cc3F)C(=O)N2CC2CCCO2)cc1. The Hall–Kier alpha value is -2.98. The number of amides is 2. The summed E-state index contributed by atoms with van der Waals surface area (Å²) in [6.45, 7) is 1.01. The van der Waals surface area contributed by atoms with E-state index in [1.54, 1.807) is 36.3 Å². The molecule has 2 unspecified atom stereocenters. The third-order valence-corrected chi connectivity index (χ3v) is 6.48. The molecule has 2 heterocycles. The Balaban J connectivity index is 1.50. The van der Waals surface area contributed by atoms with Gasteiger partial charge in [0.1, 0.15) is 22.6 Å². The molecule has 2 aliphatic rings. The second kappa shape index (κ2) is 10.3. The van der Waals surface area contributed by atoms with Gasteiger partial charge in [0.2, 0.25) is 11.8 Å². The van der Waals surface area contributed by atoms with Crippen molar-refractivity contribution in [2.24, 2.45) is 4.99 Å². The quantitative estimate of drug-likeness (QED) is 0.652. The number of benzene rings is 2. The summed E-state index contributed by atoms with van der Waals surface area (Å²) in [5.41, 5.74) is 0.502. The molecule has 0 spiro atoms. The number of halogens is 2. The molecular weight excluding hydrogens is 452 g/mol. The number of rotatable bonds is 7. The van der Waals surface area contributed by atoms with Crippen LogP contribution in [0.4, 0.5) is 20.2 Å². The fourth-order valence-corrected chi connectivity index (χ4v) is 4.78. The van der Waals surface area contributed by atoms with Crippen LogP contribution < -0.4 is 10.1 Å². The van der Waals surface area contributed by atoms with Crippen molar-refractivity contribution >= 4 is 40.1 Å². The van der Waals surface area contributed by atoms with Gasteiger partial charge in [0.05, 0.1) is 31.1 Å². The first-order valence-corrected chi connectivity index (χ1v) is 11.4. The Labute approximate surface area is 194 Å². The van der Waals surface area contributed by atoms with Crippen LogP contribution in [0.25, 0.3) is 0 Å². The molecule has 10 heteroatoms. The van der Waals surface area contributed by atoms with Gasteiger partial charge in [0.25, 0.3) is 0 Å². The molecule has 7 nitrogen and oxygen atoms in total. The number of aliphatic imine (C=N–C) groups is 1. The highest BCUT2D eigenvalue weighted by Gasteiger charge is 2.40. The molecule has 0 aromatic heterocycles. The van der Waals surface area contributed by atoms with Crippen LogP contribution in [-0.4, -0.2) is 53.5 Å². The maximum absolute atomic E-state index is 13.9. The van der Waals surface area contributed by atoms with E-state index in [0.717, 1.165) is 25.0 Å². The standard InChI is InChI=1S/C23H23F2N3O4S/c1-31-16-7-5-15(6-8-16)26-23-28(13-17-3-2-10-32-17)22(30)20(33-23)12-21(29)27-19-9-4-14(24)11-18(19)25/h4-9,11,17,20H,2-3,10,12-13H2,1H3,(H,27,29). The number of carbonyl (C=O) groups excluding carboxylic acids is 2. The molecular formula is C23H23F2N3O4S. The minimum Gasteiger partial charge on any atom is -0.497 e. The van der Waals surface area contributed by atoms with Crippen molar-refractivity contribution in [3.8, 4) is 5.75 Å². The zero-order valence-electron chi connectivity index (χ0n) is 17.9. The number of nitrogens with zero attached hydrogens (tertiary/aromatic N) is 2. The first-order chi connectivity index (χ1) is 15.9. The third kappa shape index (κ3) is 5.69. The van der Waals surface area contributed by atoms with Crippen molar-refractivity contribution in [2.75, 3.05) is 25.6 Å². The van der Waals surface area contributed by atoms with Crippen LogP contribution >= 0.6 is 11.8 Å². The fourth-order valence-electron chi connectivity index (χ4n) is 3.61. The summed E-state index contributed by atoms with van der Waals surface area (Å²) in [6, 6.07) is 9.98. The van der Waals surface area contributed by atoms with E-state index < -0.39 is 22.8 Å². The van der Waals surface area contributed by atoms with Gasteiger partial charge < -0.3 is 14.8 Å². The lowest BCUT2D eigenvalue weighted by molar-refractivity contribution is -0.129. The lowest BCUT2D eigenvalue weighted by Gasteiger charge is -2.20. The monoisotopic (exact) mass is 475 g/mol. The third-order valence-electron chi connectivity index (χ3n) is 5.30. The number of amidine groups is 1. The van der Waals surface area contributed by atoms with Crippen LogP contribution in [0.1, 0.15) is 19.3 Å². The van der Waals surface area contributed by atoms with Crippen molar-refractivity contribution in [1.82, 2.24) is 4.90 Å². The van der Waals surface area contributed by atoms with E-state index in [-0.39, 0.29) is 24.1 Å². The van der Waals surface area contributed by atoms with Crippen LogP contribution in [0.5, 0.6) is 5.75 Å². The Kier molecular flexibility index (Phi) is 7.24. The average molecular weight is 476 g/mol. The number of nitrogens with one attached hydrogen (secondary N) is 1. The average Bonchev–Trinajstić information content (AvgIpc) is 3.41. The maximum Gasteiger partial charge on any atom is 0.242 e. The largest absolute Gasteiger partial charge is 0.497 e. The van der Waals surface area contributed by atoms with E-state index in [4.69, 9.17) is 9.47 Å². The molecule has 174 valence electrons. The molecule has 2 saturated heterocycles. The number of methoxy groups -OCH3 is 1. The number of hydrogen-bond donors (Lipinski definition) is 1. The lowest BCUT2D eigenvalue weighted by Crippen LogP contribution is -2.38. The van der Waals surface area contributed by atoms with Crippen LogP contribution in [0, 0.1) is 11.6 Å². The van der Waals surface area contributed by atoms with E-state index in [9.17, 15) is 18.4 Å². The number of hydrogen-bond acceptors (Lipinski definition) is 6. The molecule has 0 saturated carbocycles. The number of ether oxygens (including phenoxy) is 2. The topological polar surface area (TPSA) is 80.2 Å². The number of thioether (sulfide) groups is 1. The minimum atomic E-state index is -0.879. The first-order valence-electron chi connectivity index (χ1n) is 10.5. The predicted molar refractivity (Wildman–Crippen MR) is 122 cm³/mol. The van der Waals surface area contributed by atoms with Crippen LogP contribution in [0.15, 0.2) is 47.5 Å². The van der Waals surface area contributed by atoms with Gasteiger partial charge in [0.15, 0.2) is 5.17 Å². The lowest BCUT2D eigenvalue weighted by atomic mass is 10.2. The molecule has 2 aliphatic heterocycles. The second-order valence-corrected chi connectivity index (χ2v) is 8.83. The summed E-state index contributed by atoms with van der Waals surface area (Å²) in [7, 11) is 1.57. The van der Waals surface area contributed by atoms with Gasteiger partial charge in [-0.25, -0.2) is 13.8 Å². The highest BCUT2D eigenvalue weighted by Crippen LogP contribution is 2.33. The predicted octanol–water partition coefficient (Wildman–Crippen LogP) is 4.11. The molecule has 2 atom stereocenters. The summed E-state index contributed by atoms with van der Waals surface area (Å²) < 4.78 is 37.8. The molecule has 0 radical (unpaired) electrons. The highest BCUT2D eigenvalue weighted by molar-refractivity contribution is 8.15. The summed E-state index contributed by atoms with van der Waals surface area (Å²) in [5.74, 6) is -1.73. The summed E-state index contributed by atoms with van der Waals surface area (Å²) in [6.07, 6.45) is 1.51.